The molecular weight excluding hydrogens is 305 g/mol. The summed E-state index contributed by atoms with van der Waals surface area (Å²) in [6, 6.07) is 1.24. The smallest absolute Gasteiger partial charge is 0.266 e. The maximum Gasteiger partial charge on any atom is 0.266 e. The molecule has 1 aromatic heterocycles. The summed E-state index contributed by atoms with van der Waals surface area (Å²) in [5.41, 5.74) is 5.20. The van der Waals surface area contributed by atoms with Gasteiger partial charge in [-0.15, -0.1) is 0 Å². The van der Waals surface area contributed by atoms with Crippen molar-refractivity contribution in [2.45, 2.75) is 13.0 Å². The fraction of sp³-hybridized carbons (Fsp3) is 0.250. The molecule has 2 N–H and O–H groups in total. The van der Waals surface area contributed by atoms with E-state index in [1.54, 1.807) is 0 Å². The number of hydrogen-bond acceptors (Lipinski definition) is 3. The van der Waals surface area contributed by atoms with Crippen molar-refractivity contribution in [2.24, 2.45) is 5.73 Å². The number of hydrogen-bond donors (Lipinski definition) is 1. The topological polar surface area (TPSA) is 56.0 Å². The zero-order valence-electron chi connectivity index (χ0n) is 7.01. The molecule has 0 aliphatic heterocycles. The van der Waals surface area contributed by atoms with Crippen molar-refractivity contribution in [3.8, 4) is 0 Å². The van der Waals surface area contributed by atoms with E-state index >= 15 is 0 Å². The van der Waals surface area contributed by atoms with Crippen LogP contribution in [-0.2, 0) is 6.54 Å². The molecule has 0 fully saturated rings. The molecule has 1 heterocycles. The summed E-state index contributed by atoms with van der Waals surface area (Å²) in [7, 11) is 0. The summed E-state index contributed by atoms with van der Waals surface area (Å²) in [4.78, 5) is 14.2. The molecular formula is C8H7F2IN2O. The van der Waals surface area contributed by atoms with Crippen LogP contribution in [0.1, 0.15) is 28.2 Å². The Hall–Kier alpha value is -0.630. The minimum absolute atomic E-state index is 0.128. The molecule has 0 bridgehead atoms. The third kappa shape index (κ3) is 2.24. The average Bonchev–Trinajstić information content (AvgIpc) is 2.17. The highest BCUT2D eigenvalue weighted by Gasteiger charge is 2.16. The van der Waals surface area contributed by atoms with E-state index in [1.807, 2.05) is 22.6 Å². The van der Waals surface area contributed by atoms with Gasteiger partial charge in [0.25, 0.3) is 6.43 Å². The molecule has 3 nitrogen and oxygen atoms in total. The first-order valence-electron chi connectivity index (χ1n) is 3.72. The van der Waals surface area contributed by atoms with E-state index in [9.17, 15) is 13.6 Å². The Morgan fingerprint density at radius 2 is 2.29 bits per heavy atom. The van der Waals surface area contributed by atoms with Crippen LogP contribution in [0.5, 0.6) is 0 Å². The van der Waals surface area contributed by atoms with Crippen molar-refractivity contribution in [3.05, 3.63) is 26.6 Å². The molecule has 0 aromatic carbocycles. The normalized spacial score (nSPS) is 10.6. The number of aldehydes is 1. The Balaban J connectivity index is 3.31. The van der Waals surface area contributed by atoms with Gasteiger partial charge in [-0.05, 0) is 28.7 Å². The monoisotopic (exact) mass is 312 g/mol. The number of nitrogens with two attached hydrogens (primary N) is 1. The zero-order valence-corrected chi connectivity index (χ0v) is 9.16. The van der Waals surface area contributed by atoms with Crippen molar-refractivity contribution in [2.75, 3.05) is 0 Å². The Morgan fingerprint density at radius 3 is 2.71 bits per heavy atom. The SMILES string of the molecule is NCc1nc(C=O)c(C(F)F)cc1I. The number of halogens is 3. The number of carbonyl (C=O) groups excluding carboxylic acids is 1. The van der Waals surface area contributed by atoms with Gasteiger partial charge in [0.15, 0.2) is 6.29 Å². The third-order valence-corrected chi connectivity index (χ3v) is 2.58. The van der Waals surface area contributed by atoms with Crippen LogP contribution < -0.4 is 5.73 Å². The zero-order chi connectivity index (χ0) is 10.7. The van der Waals surface area contributed by atoms with Crippen molar-refractivity contribution < 1.29 is 13.6 Å². The lowest BCUT2D eigenvalue weighted by molar-refractivity contribution is 0.110. The van der Waals surface area contributed by atoms with Gasteiger partial charge < -0.3 is 5.73 Å². The minimum atomic E-state index is -2.69. The lowest BCUT2D eigenvalue weighted by Crippen LogP contribution is -2.07. The number of aromatic nitrogens is 1. The molecule has 0 saturated heterocycles. The second kappa shape index (κ2) is 4.74. The maximum atomic E-state index is 12.4. The van der Waals surface area contributed by atoms with E-state index in [0.717, 1.165) is 0 Å². The van der Waals surface area contributed by atoms with Gasteiger partial charge in [-0.3, -0.25) is 4.79 Å². The van der Waals surface area contributed by atoms with Gasteiger partial charge in [-0.25, -0.2) is 13.8 Å². The fourth-order valence-corrected chi connectivity index (χ4v) is 1.65. The van der Waals surface area contributed by atoms with Crippen LogP contribution in [-0.4, -0.2) is 11.3 Å². The molecule has 0 spiro atoms. The molecule has 0 aliphatic carbocycles. The standard InChI is InChI=1S/C8H7F2IN2O/c9-8(10)4-1-5(11)6(2-12)13-7(4)3-14/h1,3,8H,2,12H2. The largest absolute Gasteiger partial charge is 0.325 e. The summed E-state index contributed by atoms with van der Waals surface area (Å²) in [6.45, 7) is 0.128. The highest BCUT2D eigenvalue weighted by atomic mass is 127. The summed E-state index contributed by atoms with van der Waals surface area (Å²) < 4.78 is 25.3. The van der Waals surface area contributed by atoms with Gasteiger partial charge in [0.1, 0.15) is 5.69 Å². The first-order chi connectivity index (χ1) is 6.60. The molecule has 0 saturated carbocycles. The number of alkyl halides is 2. The van der Waals surface area contributed by atoms with Gasteiger partial charge in [0.2, 0.25) is 0 Å². The van der Waals surface area contributed by atoms with E-state index in [2.05, 4.69) is 4.98 Å². The van der Waals surface area contributed by atoms with E-state index in [-0.39, 0.29) is 17.8 Å². The van der Waals surface area contributed by atoms with E-state index in [4.69, 9.17) is 5.73 Å². The Labute approximate surface area is 92.8 Å². The van der Waals surface area contributed by atoms with Crippen LogP contribution >= 0.6 is 22.6 Å². The molecule has 0 radical (unpaired) electrons. The second-order valence-electron chi connectivity index (χ2n) is 2.51. The van der Waals surface area contributed by atoms with Crippen LogP contribution in [0.3, 0.4) is 0 Å². The van der Waals surface area contributed by atoms with Gasteiger partial charge >= 0.3 is 0 Å². The Kier molecular flexibility index (Phi) is 3.87. The first kappa shape index (κ1) is 11.4. The van der Waals surface area contributed by atoms with Crippen LogP contribution in [0.15, 0.2) is 6.07 Å². The van der Waals surface area contributed by atoms with Gasteiger partial charge in [-0.2, -0.15) is 0 Å². The Bertz CT molecular complexity index is 357. The first-order valence-corrected chi connectivity index (χ1v) is 4.80. The number of pyridine rings is 1. The summed E-state index contributed by atoms with van der Waals surface area (Å²) in [5.74, 6) is 0. The molecule has 76 valence electrons. The summed E-state index contributed by atoms with van der Waals surface area (Å²) in [5, 5.41) is 0. The molecule has 1 aromatic rings. The molecule has 0 amide bonds. The van der Waals surface area contributed by atoms with Crippen LogP contribution in [0.2, 0.25) is 0 Å². The Morgan fingerprint density at radius 1 is 1.64 bits per heavy atom. The van der Waals surface area contributed by atoms with Crippen molar-refractivity contribution in [1.29, 1.82) is 0 Å². The molecule has 0 aliphatic rings. The quantitative estimate of drug-likeness (QED) is 0.685. The number of nitrogens with zero attached hydrogens (tertiary/aromatic N) is 1. The molecule has 14 heavy (non-hydrogen) atoms. The number of rotatable bonds is 3. The molecule has 0 atom stereocenters. The van der Waals surface area contributed by atoms with Crippen molar-refractivity contribution >= 4 is 28.9 Å². The van der Waals surface area contributed by atoms with Gasteiger partial charge in [-0.1, -0.05) is 0 Å². The lowest BCUT2D eigenvalue weighted by atomic mass is 10.2. The predicted molar refractivity (Wildman–Crippen MR) is 55.2 cm³/mol. The van der Waals surface area contributed by atoms with E-state index in [1.165, 1.54) is 6.07 Å². The highest BCUT2D eigenvalue weighted by Crippen LogP contribution is 2.24. The predicted octanol–water partition coefficient (Wildman–Crippen LogP) is 1.90. The lowest BCUT2D eigenvalue weighted by Gasteiger charge is -2.07. The van der Waals surface area contributed by atoms with Gasteiger partial charge in [0.05, 0.1) is 5.69 Å². The molecule has 0 unspecified atom stereocenters. The van der Waals surface area contributed by atoms with Crippen LogP contribution in [0.25, 0.3) is 0 Å². The van der Waals surface area contributed by atoms with Crippen LogP contribution in [0.4, 0.5) is 8.78 Å². The molecule has 1 rings (SSSR count). The van der Waals surface area contributed by atoms with Crippen molar-refractivity contribution in [3.63, 3.8) is 0 Å². The minimum Gasteiger partial charge on any atom is -0.325 e. The molecule has 6 heteroatoms. The van der Waals surface area contributed by atoms with Crippen molar-refractivity contribution in [1.82, 2.24) is 4.98 Å². The van der Waals surface area contributed by atoms with E-state index < -0.39 is 6.43 Å². The highest BCUT2D eigenvalue weighted by molar-refractivity contribution is 14.1. The summed E-state index contributed by atoms with van der Waals surface area (Å²) >= 11 is 1.86. The fourth-order valence-electron chi connectivity index (χ4n) is 0.969. The van der Waals surface area contributed by atoms with Crippen LogP contribution in [0, 0.1) is 3.57 Å². The van der Waals surface area contributed by atoms with Gasteiger partial charge in [0, 0.05) is 15.7 Å². The second-order valence-corrected chi connectivity index (χ2v) is 3.68. The maximum absolute atomic E-state index is 12.4. The summed E-state index contributed by atoms with van der Waals surface area (Å²) in [6.07, 6.45) is -2.38. The number of carbonyl (C=O) groups is 1. The average molecular weight is 312 g/mol. The third-order valence-electron chi connectivity index (χ3n) is 1.65. The van der Waals surface area contributed by atoms with E-state index in [0.29, 0.717) is 15.6 Å².